The Bertz CT molecular complexity index is 451. The molecule has 0 spiro atoms. The zero-order valence-corrected chi connectivity index (χ0v) is 13.2. The van der Waals surface area contributed by atoms with Crippen LogP contribution in [0.1, 0.15) is 52.7 Å². The standard InChI is InChI=1S/C17H27NO/c1-16(2,3)18-10-9-14-8-7-13(11-15(14)18)12-19-17(4,5)6/h7-8,11H,9-10,12H2,1-6H3. The summed E-state index contributed by atoms with van der Waals surface area (Å²) in [4.78, 5) is 2.50. The summed E-state index contributed by atoms with van der Waals surface area (Å²) in [5.41, 5.74) is 4.24. The highest BCUT2D eigenvalue weighted by molar-refractivity contribution is 5.61. The van der Waals surface area contributed by atoms with Crippen LogP contribution in [0, 0.1) is 0 Å². The quantitative estimate of drug-likeness (QED) is 0.792. The third kappa shape index (κ3) is 3.50. The van der Waals surface area contributed by atoms with E-state index >= 15 is 0 Å². The predicted octanol–water partition coefficient (Wildman–Crippen LogP) is 4.16. The van der Waals surface area contributed by atoms with Crippen molar-refractivity contribution in [1.29, 1.82) is 0 Å². The number of fused-ring (bicyclic) bond motifs is 1. The SMILES string of the molecule is CC(C)(C)OCc1ccc2c(c1)N(C(C)(C)C)CC2. The van der Waals surface area contributed by atoms with E-state index in [0.717, 1.165) is 13.0 Å². The molecule has 106 valence electrons. The Hall–Kier alpha value is -1.02. The van der Waals surface area contributed by atoms with Crippen molar-refractivity contribution in [2.75, 3.05) is 11.4 Å². The van der Waals surface area contributed by atoms with E-state index in [0.29, 0.717) is 6.61 Å². The number of benzene rings is 1. The van der Waals surface area contributed by atoms with Crippen LogP contribution in [0.15, 0.2) is 18.2 Å². The van der Waals surface area contributed by atoms with Gasteiger partial charge in [0.05, 0.1) is 12.2 Å². The van der Waals surface area contributed by atoms with Crippen molar-refractivity contribution in [2.24, 2.45) is 0 Å². The lowest BCUT2D eigenvalue weighted by Gasteiger charge is -2.34. The summed E-state index contributed by atoms with van der Waals surface area (Å²) in [5.74, 6) is 0. The number of ether oxygens (including phenoxy) is 1. The molecule has 0 saturated heterocycles. The lowest BCUT2D eigenvalue weighted by Crippen LogP contribution is -2.40. The smallest absolute Gasteiger partial charge is 0.0724 e. The molecule has 0 unspecified atom stereocenters. The molecule has 2 heteroatoms. The van der Waals surface area contributed by atoms with Gasteiger partial charge in [-0.15, -0.1) is 0 Å². The maximum atomic E-state index is 5.88. The average molecular weight is 261 g/mol. The molecular weight excluding hydrogens is 234 g/mol. The van der Waals surface area contributed by atoms with Crippen molar-refractivity contribution < 1.29 is 4.74 Å². The number of nitrogens with zero attached hydrogens (tertiary/aromatic N) is 1. The molecule has 1 aliphatic rings. The Labute approximate surface area is 117 Å². The Morgan fingerprint density at radius 1 is 1.11 bits per heavy atom. The van der Waals surface area contributed by atoms with E-state index in [1.807, 2.05) is 0 Å². The average Bonchev–Trinajstić information content (AvgIpc) is 2.67. The van der Waals surface area contributed by atoms with Crippen molar-refractivity contribution in [1.82, 2.24) is 0 Å². The molecule has 0 aromatic heterocycles. The molecule has 1 aliphatic heterocycles. The third-order valence-corrected chi connectivity index (χ3v) is 3.53. The van der Waals surface area contributed by atoms with Crippen molar-refractivity contribution in [3.05, 3.63) is 29.3 Å². The summed E-state index contributed by atoms with van der Waals surface area (Å²) in [6.45, 7) is 14.9. The summed E-state index contributed by atoms with van der Waals surface area (Å²) in [5, 5.41) is 0. The molecule has 0 saturated carbocycles. The van der Waals surface area contributed by atoms with Crippen molar-refractivity contribution >= 4 is 5.69 Å². The first-order chi connectivity index (χ1) is 8.67. The van der Waals surface area contributed by atoms with Crippen LogP contribution in [0.5, 0.6) is 0 Å². The number of rotatable bonds is 2. The topological polar surface area (TPSA) is 12.5 Å². The summed E-state index contributed by atoms with van der Waals surface area (Å²) in [7, 11) is 0. The second-order valence-electron chi connectivity index (χ2n) is 7.44. The highest BCUT2D eigenvalue weighted by atomic mass is 16.5. The fraction of sp³-hybridized carbons (Fsp3) is 0.647. The summed E-state index contributed by atoms with van der Waals surface area (Å²) in [6.07, 6.45) is 1.16. The van der Waals surface area contributed by atoms with Crippen molar-refractivity contribution in [2.45, 2.75) is 65.7 Å². The maximum absolute atomic E-state index is 5.88. The molecule has 1 aromatic rings. The van der Waals surface area contributed by atoms with E-state index in [-0.39, 0.29) is 11.1 Å². The van der Waals surface area contributed by atoms with Crippen LogP contribution < -0.4 is 4.90 Å². The van der Waals surface area contributed by atoms with Crippen LogP contribution in [0.3, 0.4) is 0 Å². The molecule has 0 aliphatic carbocycles. The van der Waals surface area contributed by atoms with Gasteiger partial charge in [0, 0.05) is 17.8 Å². The second kappa shape index (κ2) is 4.82. The van der Waals surface area contributed by atoms with Gasteiger partial charge in [-0.1, -0.05) is 12.1 Å². The van der Waals surface area contributed by atoms with Gasteiger partial charge in [-0.25, -0.2) is 0 Å². The fourth-order valence-corrected chi connectivity index (χ4v) is 2.51. The normalized spacial score (nSPS) is 15.8. The van der Waals surface area contributed by atoms with Crippen LogP contribution in [0.4, 0.5) is 5.69 Å². The molecule has 0 fully saturated rings. The van der Waals surface area contributed by atoms with Gasteiger partial charge in [0.15, 0.2) is 0 Å². The maximum Gasteiger partial charge on any atom is 0.0724 e. The molecular formula is C17H27NO. The first kappa shape index (κ1) is 14.4. The largest absolute Gasteiger partial charge is 0.371 e. The lowest BCUT2D eigenvalue weighted by atomic mass is 10.0. The molecule has 1 heterocycles. The Kier molecular flexibility index (Phi) is 3.65. The molecule has 0 bridgehead atoms. The van der Waals surface area contributed by atoms with Gasteiger partial charge in [0.1, 0.15) is 0 Å². The van der Waals surface area contributed by atoms with Gasteiger partial charge in [-0.3, -0.25) is 0 Å². The molecule has 0 atom stereocenters. The zero-order chi connectivity index (χ0) is 14.3. The van der Waals surface area contributed by atoms with E-state index in [1.165, 1.54) is 16.8 Å². The van der Waals surface area contributed by atoms with Gasteiger partial charge < -0.3 is 9.64 Å². The van der Waals surface area contributed by atoms with Gasteiger partial charge >= 0.3 is 0 Å². The molecule has 2 nitrogen and oxygen atoms in total. The molecule has 1 aromatic carbocycles. The lowest BCUT2D eigenvalue weighted by molar-refractivity contribution is -0.0149. The third-order valence-electron chi connectivity index (χ3n) is 3.53. The zero-order valence-electron chi connectivity index (χ0n) is 13.2. The molecule has 0 radical (unpaired) electrons. The first-order valence-corrected chi connectivity index (χ1v) is 7.20. The second-order valence-corrected chi connectivity index (χ2v) is 7.44. The van der Waals surface area contributed by atoms with Crippen LogP contribution in [-0.4, -0.2) is 17.7 Å². The van der Waals surface area contributed by atoms with E-state index in [1.54, 1.807) is 0 Å². The highest BCUT2D eigenvalue weighted by Crippen LogP contribution is 2.34. The van der Waals surface area contributed by atoms with E-state index in [2.05, 4.69) is 64.6 Å². The van der Waals surface area contributed by atoms with E-state index < -0.39 is 0 Å². The van der Waals surface area contributed by atoms with Crippen LogP contribution in [0.25, 0.3) is 0 Å². The number of hydrogen-bond donors (Lipinski definition) is 0. The van der Waals surface area contributed by atoms with Gasteiger partial charge in [0.25, 0.3) is 0 Å². The molecule has 2 rings (SSSR count). The fourth-order valence-electron chi connectivity index (χ4n) is 2.51. The van der Waals surface area contributed by atoms with Crippen LogP contribution >= 0.6 is 0 Å². The predicted molar refractivity (Wildman–Crippen MR) is 81.8 cm³/mol. The number of anilines is 1. The minimum absolute atomic E-state index is 0.0806. The minimum Gasteiger partial charge on any atom is -0.371 e. The first-order valence-electron chi connectivity index (χ1n) is 7.20. The summed E-state index contributed by atoms with van der Waals surface area (Å²) in [6, 6.07) is 6.78. The van der Waals surface area contributed by atoms with Crippen LogP contribution in [-0.2, 0) is 17.8 Å². The Balaban J connectivity index is 2.19. The molecule has 19 heavy (non-hydrogen) atoms. The van der Waals surface area contributed by atoms with E-state index in [9.17, 15) is 0 Å². The van der Waals surface area contributed by atoms with E-state index in [4.69, 9.17) is 4.74 Å². The Morgan fingerprint density at radius 2 is 1.79 bits per heavy atom. The van der Waals surface area contributed by atoms with Gasteiger partial charge in [-0.2, -0.15) is 0 Å². The highest BCUT2D eigenvalue weighted by Gasteiger charge is 2.28. The van der Waals surface area contributed by atoms with Crippen molar-refractivity contribution in [3.63, 3.8) is 0 Å². The molecule has 0 amide bonds. The molecule has 0 N–H and O–H groups in total. The Morgan fingerprint density at radius 3 is 2.37 bits per heavy atom. The van der Waals surface area contributed by atoms with Gasteiger partial charge in [0.2, 0.25) is 0 Å². The summed E-state index contributed by atoms with van der Waals surface area (Å²) < 4.78 is 5.88. The monoisotopic (exact) mass is 261 g/mol. The van der Waals surface area contributed by atoms with Gasteiger partial charge in [-0.05, 0) is 65.2 Å². The minimum atomic E-state index is -0.0806. The number of hydrogen-bond acceptors (Lipinski definition) is 2. The van der Waals surface area contributed by atoms with Crippen molar-refractivity contribution in [3.8, 4) is 0 Å². The van der Waals surface area contributed by atoms with Crippen LogP contribution in [0.2, 0.25) is 0 Å². The summed E-state index contributed by atoms with van der Waals surface area (Å²) >= 11 is 0.